The van der Waals surface area contributed by atoms with Crippen LogP contribution in [0.4, 0.5) is 0 Å². The van der Waals surface area contributed by atoms with Gasteiger partial charge in [-0.25, -0.2) is 9.78 Å². The fourth-order valence-electron chi connectivity index (χ4n) is 5.45. The molecule has 1 N–H and O–H groups in total. The summed E-state index contributed by atoms with van der Waals surface area (Å²) in [7, 11) is -1.83. The topological polar surface area (TPSA) is 81.4 Å². The molecular formula is C26H30N2O4Si. The minimum atomic E-state index is -1.83. The van der Waals surface area contributed by atoms with E-state index in [4.69, 9.17) is 9.72 Å². The number of aliphatic hydroxyl groups is 1. The number of carbonyl (C=O) groups is 1. The van der Waals surface area contributed by atoms with Crippen LogP contribution in [0, 0.1) is 0 Å². The minimum Gasteiger partial charge on any atom is -0.458 e. The highest BCUT2D eigenvalue weighted by Gasteiger charge is 2.45. The Hall–Kier alpha value is -2.77. The second-order valence-electron chi connectivity index (χ2n) is 10.6. The Kier molecular flexibility index (Phi) is 4.75. The largest absolute Gasteiger partial charge is 0.458 e. The van der Waals surface area contributed by atoms with E-state index in [1.165, 1.54) is 16.1 Å². The number of aromatic nitrogens is 2. The van der Waals surface area contributed by atoms with E-state index in [9.17, 15) is 14.7 Å². The van der Waals surface area contributed by atoms with Gasteiger partial charge in [-0.1, -0.05) is 58.6 Å². The number of cyclic esters (lactones) is 1. The van der Waals surface area contributed by atoms with Gasteiger partial charge in [-0.3, -0.25) is 4.79 Å². The van der Waals surface area contributed by atoms with Crippen molar-refractivity contribution in [3.63, 3.8) is 0 Å². The number of rotatable bonds is 3. The molecule has 2 aliphatic heterocycles. The van der Waals surface area contributed by atoms with Gasteiger partial charge in [-0.05, 0) is 34.7 Å². The van der Waals surface area contributed by atoms with Gasteiger partial charge in [-0.2, -0.15) is 0 Å². The Morgan fingerprint density at radius 2 is 1.94 bits per heavy atom. The number of benzene rings is 1. The summed E-state index contributed by atoms with van der Waals surface area (Å²) in [6, 6.07) is 8.19. The molecule has 33 heavy (non-hydrogen) atoms. The third kappa shape index (κ3) is 2.98. The van der Waals surface area contributed by atoms with Crippen molar-refractivity contribution in [1.29, 1.82) is 0 Å². The van der Waals surface area contributed by atoms with Crippen LogP contribution < -0.4 is 10.7 Å². The minimum absolute atomic E-state index is 0.111. The van der Waals surface area contributed by atoms with E-state index in [2.05, 4.69) is 51.7 Å². The molecule has 7 heteroatoms. The van der Waals surface area contributed by atoms with Crippen LogP contribution in [-0.2, 0) is 28.3 Å². The molecule has 1 aromatic carbocycles. The van der Waals surface area contributed by atoms with E-state index in [1.54, 1.807) is 17.6 Å². The molecule has 6 nitrogen and oxygen atoms in total. The number of fused-ring (bicyclic) bond motifs is 5. The average Bonchev–Trinajstić information content (AvgIpc) is 3.12. The molecule has 4 heterocycles. The van der Waals surface area contributed by atoms with Crippen LogP contribution in [0.2, 0.25) is 19.6 Å². The lowest BCUT2D eigenvalue weighted by Gasteiger charge is -2.31. The lowest BCUT2D eigenvalue weighted by atomic mass is 9.86. The maximum Gasteiger partial charge on any atom is 0.343 e. The normalized spacial score (nSPS) is 19.5. The van der Waals surface area contributed by atoms with Crippen molar-refractivity contribution in [1.82, 2.24) is 9.55 Å². The maximum absolute atomic E-state index is 13.6. The number of hydrogen-bond acceptors (Lipinski definition) is 5. The first-order valence-electron chi connectivity index (χ1n) is 11.6. The van der Waals surface area contributed by atoms with Gasteiger partial charge in [0.2, 0.25) is 0 Å². The Bertz CT molecular complexity index is 1400. The van der Waals surface area contributed by atoms with E-state index in [0.717, 1.165) is 16.8 Å². The van der Waals surface area contributed by atoms with Crippen molar-refractivity contribution >= 4 is 30.1 Å². The number of pyridine rings is 2. The summed E-state index contributed by atoms with van der Waals surface area (Å²) in [5.41, 5.74) is 3.42. The van der Waals surface area contributed by atoms with Crippen molar-refractivity contribution in [2.75, 3.05) is 0 Å². The van der Waals surface area contributed by atoms with Gasteiger partial charge in [-0.15, -0.1) is 0 Å². The molecule has 0 amide bonds. The number of para-hydroxylation sites is 1. The molecule has 0 spiro atoms. The predicted octanol–water partition coefficient (Wildman–Crippen LogP) is 3.75. The van der Waals surface area contributed by atoms with Gasteiger partial charge in [0.15, 0.2) is 5.60 Å². The molecule has 0 saturated heterocycles. The molecule has 0 aliphatic carbocycles. The molecule has 2 aliphatic rings. The van der Waals surface area contributed by atoms with E-state index in [1.807, 2.05) is 0 Å². The van der Waals surface area contributed by atoms with Crippen LogP contribution in [0.1, 0.15) is 55.4 Å². The lowest BCUT2D eigenvalue weighted by Crippen LogP contribution is -2.44. The smallest absolute Gasteiger partial charge is 0.343 e. The van der Waals surface area contributed by atoms with Crippen LogP contribution in [0.3, 0.4) is 0 Å². The summed E-state index contributed by atoms with van der Waals surface area (Å²) in [5.74, 6) is -0.391. The summed E-state index contributed by atoms with van der Waals surface area (Å²) < 4.78 is 6.94. The molecule has 0 fully saturated rings. The van der Waals surface area contributed by atoms with E-state index < -0.39 is 19.6 Å². The van der Waals surface area contributed by atoms with Crippen LogP contribution in [0.25, 0.3) is 22.3 Å². The van der Waals surface area contributed by atoms with Crippen molar-refractivity contribution in [2.24, 2.45) is 0 Å². The first-order valence-corrected chi connectivity index (χ1v) is 15.1. The van der Waals surface area contributed by atoms with Gasteiger partial charge < -0.3 is 14.4 Å². The Morgan fingerprint density at radius 1 is 1.21 bits per heavy atom. The summed E-state index contributed by atoms with van der Waals surface area (Å²) in [5, 5.41) is 13.6. The zero-order valence-electron chi connectivity index (χ0n) is 20.1. The first-order chi connectivity index (χ1) is 15.5. The Morgan fingerprint density at radius 3 is 2.58 bits per heavy atom. The summed E-state index contributed by atoms with van der Waals surface area (Å²) in [6.45, 7) is 13.4. The Balaban J connectivity index is 1.90. The van der Waals surface area contributed by atoms with Gasteiger partial charge in [0.1, 0.15) is 6.61 Å². The zero-order chi connectivity index (χ0) is 23.9. The quantitative estimate of drug-likeness (QED) is 0.370. The van der Waals surface area contributed by atoms with Gasteiger partial charge in [0, 0.05) is 10.9 Å². The highest BCUT2D eigenvalue weighted by Crippen LogP contribution is 2.39. The zero-order valence-corrected chi connectivity index (χ0v) is 21.1. The van der Waals surface area contributed by atoms with Crippen LogP contribution >= 0.6 is 0 Å². The fourth-order valence-corrected chi connectivity index (χ4v) is 7.56. The standard InChI is InChI=1S/C26H30N2O4Si/c1-7-26(31)19-11-20-22-17(12-28(20)24(29)18(19)13-32-25(26)30)23(33(4,5)6)16-10-8-9-15(14(2)3)21(16)27-22/h8-11,14,31H,7,12-13H2,1-6H3/t26-/m0/s1. The van der Waals surface area contributed by atoms with Gasteiger partial charge in [0.25, 0.3) is 5.56 Å². The lowest BCUT2D eigenvalue weighted by molar-refractivity contribution is -0.172. The van der Waals surface area contributed by atoms with Gasteiger partial charge >= 0.3 is 5.97 Å². The third-order valence-electron chi connectivity index (χ3n) is 7.12. The fraction of sp³-hybridized carbons (Fsp3) is 0.423. The van der Waals surface area contributed by atoms with Crippen LogP contribution in [0.5, 0.6) is 0 Å². The summed E-state index contributed by atoms with van der Waals surface area (Å²) in [6.07, 6.45) is 0.136. The molecule has 0 unspecified atom stereocenters. The van der Waals surface area contributed by atoms with Crippen molar-refractivity contribution in [3.05, 3.63) is 56.9 Å². The van der Waals surface area contributed by atoms with Crippen LogP contribution in [0.15, 0.2) is 29.1 Å². The maximum atomic E-state index is 13.6. The molecule has 2 aromatic heterocycles. The molecule has 3 aromatic rings. The molecular weight excluding hydrogens is 432 g/mol. The predicted molar refractivity (Wildman–Crippen MR) is 132 cm³/mol. The molecule has 172 valence electrons. The molecule has 1 atom stereocenters. The highest BCUT2D eigenvalue weighted by atomic mass is 28.3. The third-order valence-corrected chi connectivity index (χ3v) is 9.19. The van der Waals surface area contributed by atoms with E-state index in [-0.39, 0.29) is 18.6 Å². The molecule has 0 radical (unpaired) electrons. The number of nitrogens with zero attached hydrogens (tertiary/aromatic N) is 2. The van der Waals surface area contributed by atoms with E-state index in [0.29, 0.717) is 29.3 Å². The van der Waals surface area contributed by atoms with Gasteiger partial charge in [0.05, 0.1) is 37.1 Å². The molecule has 0 saturated carbocycles. The Labute approximate surface area is 194 Å². The van der Waals surface area contributed by atoms with Crippen LogP contribution in [-0.4, -0.2) is 28.7 Å². The highest BCUT2D eigenvalue weighted by molar-refractivity contribution is 6.90. The monoisotopic (exact) mass is 462 g/mol. The first kappa shape index (κ1) is 22.0. The SMILES string of the molecule is CC[C@@]1(O)C(=O)OCc2c1cc1n(c2=O)Cc2c-1nc1c(C(C)C)cccc1c2[Si](C)(C)C. The summed E-state index contributed by atoms with van der Waals surface area (Å²) >= 11 is 0. The average molecular weight is 463 g/mol. The van der Waals surface area contributed by atoms with Crippen molar-refractivity contribution in [2.45, 2.75) is 71.5 Å². The number of hydrogen-bond donors (Lipinski definition) is 1. The summed E-state index contributed by atoms with van der Waals surface area (Å²) in [4.78, 5) is 31.2. The van der Waals surface area contributed by atoms with Crippen molar-refractivity contribution in [3.8, 4) is 11.4 Å². The number of ether oxygens (including phenoxy) is 1. The second-order valence-corrected chi connectivity index (χ2v) is 15.6. The van der Waals surface area contributed by atoms with Crippen molar-refractivity contribution < 1.29 is 14.6 Å². The second kappa shape index (κ2) is 7.11. The molecule has 5 rings (SSSR count). The van der Waals surface area contributed by atoms with E-state index >= 15 is 0 Å². The molecule has 0 bridgehead atoms. The number of esters is 1. The number of carbonyl (C=O) groups excluding carboxylic acids is 1.